The molecule has 2 rings (SSSR count). The van der Waals surface area contributed by atoms with Crippen LogP contribution in [0.15, 0.2) is 17.2 Å². The van der Waals surface area contributed by atoms with Gasteiger partial charge in [-0.05, 0) is 25.3 Å². The van der Waals surface area contributed by atoms with Crippen LogP contribution in [0.2, 0.25) is 0 Å². The number of nitrogens with zero attached hydrogens (tertiary/aromatic N) is 1. The minimum absolute atomic E-state index is 0.00374. The number of hydrogen-bond donors (Lipinski definition) is 2. The van der Waals surface area contributed by atoms with E-state index in [1.165, 1.54) is 7.05 Å². The molecule has 0 saturated heterocycles. The highest BCUT2D eigenvalue weighted by atomic mass is 32.2. The summed E-state index contributed by atoms with van der Waals surface area (Å²) in [6.07, 6.45) is -2.92. The lowest BCUT2D eigenvalue weighted by atomic mass is 9.86. The second kappa shape index (κ2) is 6.16. The van der Waals surface area contributed by atoms with E-state index in [0.717, 1.165) is 16.8 Å². The quantitative estimate of drug-likeness (QED) is 0.867. The predicted octanol–water partition coefficient (Wildman–Crippen LogP) is 2.12. The van der Waals surface area contributed by atoms with Gasteiger partial charge in [-0.15, -0.1) is 0 Å². The van der Waals surface area contributed by atoms with E-state index in [9.17, 15) is 26.4 Å². The first-order chi connectivity index (χ1) is 10.5. The van der Waals surface area contributed by atoms with Gasteiger partial charge in [-0.2, -0.15) is 13.2 Å². The molecule has 1 saturated carbocycles. The molecule has 0 radical (unpaired) electrons. The maximum Gasteiger partial charge on any atom is 0.391 e. The molecular weight excluding hydrogens is 337 g/mol. The molecule has 1 heterocycles. The summed E-state index contributed by atoms with van der Waals surface area (Å²) >= 11 is 0. The number of alkyl halides is 3. The van der Waals surface area contributed by atoms with Crippen molar-refractivity contribution < 1.29 is 31.5 Å². The topological polar surface area (TPSA) is 88.4 Å². The Labute approximate surface area is 131 Å². The summed E-state index contributed by atoms with van der Waals surface area (Å²) < 4.78 is 66.2. The first-order valence-corrected chi connectivity index (χ1v) is 8.47. The lowest BCUT2D eigenvalue weighted by Crippen LogP contribution is -2.41. The number of nitrogens with one attached hydrogen (secondary N) is 1. The molecule has 6 nitrogen and oxygen atoms in total. The van der Waals surface area contributed by atoms with Gasteiger partial charge >= 0.3 is 12.1 Å². The third kappa shape index (κ3) is 4.05. The van der Waals surface area contributed by atoms with Crippen molar-refractivity contribution in [2.24, 2.45) is 13.0 Å². The van der Waals surface area contributed by atoms with Gasteiger partial charge in [0.05, 0.1) is 5.92 Å². The Kier molecular flexibility index (Phi) is 4.76. The van der Waals surface area contributed by atoms with Crippen LogP contribution in [0.5, 0.6) is 0 Å². The third-order valence-corrected chi connectivity index (χ3v) is 5.46. The maximum atomic E-state index is 12.8. The maximum absolute atomic E-state index is 12.8. The second-order valence-corrected chi connectivity index (χ2v) is 7.41. The molecule has 0 aliphatic heterocycles. The SMILES string of the molecule is Cn1cc(S(=O)(=O)NC2CCCC(C(F)(F)F)C2)cc1C(=O)O. The first kappa shape index (κ1) is 17.8. The van der Waals surface area contributed by atoms with Crippen molar-refractivity contribution >= 4 is 16.0 Å². The highest BCUT2D eigenvalue weighted by molar-refractivity contribution is 7.89. The Morgan fingerprint density at radius 2 is 2.04 bits per heavy atom. The van der Waals surface area contributed by atoms with Crippen LogP contribution >= 0.6 is 0 Å². The van der Waals surface area contributed by atoms with Gasteiger partial charge in [0.1, 0.15) is 10.6 Å². The molecule has 0 bridgehead atoms. The van der Waals surface area contributed by atoms with E-state index in [2.05, 4.69) is 4.72 Å². The fourth-order valence-corrected chi connectivity index (χ4v) is 4.13. The number of halogens is 3. The lowest BCUT2D eigenvalue weighted by molar-refractivity contribution is -0.183. The number of rotatable bonds is 4. The second-order valence-electron chi connectivity index (χ2n) is 5.70. The Morgan fingerprint density at radius 3 is 2.57 bits per heavy atom. The highest BCUT2D eigenvalue weighted by Gasteiger charge is 2.42. The molecular formula is C13H17F3N2O4S. The summed E-state index contributed by atoms with van der Waals surface area (Å²) in [5, 5.41) is 8.93. The van der Waals surface area contributed by atoms with Crippen LogP contribution in [0.3, 0.4) is 0 Å². The summed E-state index contributed by atoms with van der Waals surface area (Å²) in [6, 6.07) is 0.170. The van der Waals surface area contributed by atoms with E-state index >= 15 is 0 Å². The summed E-state index contributed by atoms with van der Waals surface area (Å²) in [6.45, 7) is 0. The van der Waals surface area contributed by atoms with Crippen LogP contribution in [-0.2, 0) is 17.1 Å². The summed E-state index contributed by atoms with van der Waals surface area (Å²) in [5.41, 5.74) is -0.220. The van der Waals surface area contributed by atoms with Gasteiger partial charge in [-0.25, -0.2) is 17.9 Å². The zero-order chi connectivity index (χ0) is 17.4. The van der Waals surface area contributed by atoms with E-state index in [1.807, 2.05) is 0 Å². The Hall–Kier alpha value is -1.55. The molecule has 23 heavy (non-hydrogen) atoms. The van der Waals surface area contributed by atoms with Crippen molar-refractivity contribution in [3.05, 3.63) is 18.0 Å². The molecule has 10 heteroatoms. The third-order valence-electron chi connectivity index (χ3n) is 3.97. The van der Waals surface area contributed by atoms with Crippen LogP contribution in [-0.4, -0.2) is 36.3 Å². The average molecular weight is 354 g/mol. The fraction of sp³-hybridized carbons (Fsp3) is 0.615. The van der Waals surface area contributed by atoms with Crippen molar-refractivity contribution in [3.63, 3.8) is 0 Å². The van der Waals surface area contributed by atoms with Gasteiger partial charge in [0.25, 0.3) is 0 Å². The number of hydrogen-bond acceptors (Lipinski definition) is 3. The highest BCUT2D eigenvalue weighted by Crippen LogP contribution is 2.37. The molecule has 1 aromatic heterocycles. The molecule has 1 fully saturated rings. The standard InChI is InChI=1S/C13H17F3N2O4S/c1-18-7-10(6-11(18)12(19)20)23(21,22)17-9-4-2-3-8(5-9)13(14,15)16/h6-9,17H,2-5H2,1H3,(H,19,20). The summed E-state index contributed by atoms with van der Waals surface area (Å²) in [5.74, 6) is -2.81. The fourth-order valence-electron chi connectivity index (χ4n) is 2.78. The van der Waals surface area contributed by atoms with Gasteiger partial charge in [-0.3, -0.25) is 0 Å². The van der Waals surface area contributed by atoms with Gasteiger partial charge in [-0.1, -0.05) is 6.42 Å². The minimum Gasteiger partial charge on any atom is -0.477 e. The number of carboxylic acid groups (broad SMARTS) is 1. The van der Waals surface area contributed by atoms with Crippen LogP contribution in [0.4, 0.5) is 13.2 Å². The van der Waals surface area contributed by atoms with Gasteiger partial charge in [0.2, 0.25) is 10.0 Å². The van der Waals surface area contributed by atoms with Gasteiger partial charge in [0.15, 0.2) is 0 Å². The van der Waals surface area contributed by atoms with E-state index in [-0.39, 0.29) is 29.9 Å². The molecule has 0 spiro atoms. The molecule has 1 aromatic rings. The molecule has 1 aliphatic carbocycles. The van der Waals surface area contributed by atoms with Crippen LogP contribution in [0.1, 0.15) is 36.2 Å². The van der Waals surface area contributed by atoms with Crippen molar-refractivity contribution in [3.8, 4) is 0 Å². The summed E-state index contributed by atoms with van der Waals surface area (Å²) in [4.78, 5) is 10.7. The average Bonchev–Trinajstić information content (AvgIpc) is 2.80. The van der Waals surface area contributed by atoms with Crippen molar-refractivity contribution in [1.29, 1.82) is 0 Å². The van der Waals surface area contributed by atoms with E-state index < -0.39 is 34.1 Å². The number of aryl methyl sites for hydroxylation is 1. The largest absolute Gasteiger partial charge is 0.477 e. The zero-order valence-electron chi connectivity index (χ0n) is 12.3. The summed E-state index contributed by atoms with van der Waals surface area (Å²) in [7, 11) is -2.69. The van der Waals surface area contributed by atoms with Crippen LogP contribution in [0.25, 0.3) is 0 Å². The molecule has 2 unspecified atom stereocenters. The van der Waals surface area contributed by atoms with E-state index in [0.29, 0.717) is 6.42 Å². The lowest BCUT2D eigenvalue weighted by Gasteiger charge is -2.30. The van der Waals surface area contributed by atoms with Crippen LogP contribution in [0, 0.1) is 5.92 Å². The van der Waals surface area contributed by atoms with E-state index in [1.54, 1.807) is 0 Å². The molecule has 130 valence electrons. The number of aromatic nitrogens is 1. The molecule has 0 aromatic carbocycles. The van der Waals surface area contributed by atoms with Gasteiger partial charge in [0, 0.05) is 19.3 Å². The minimum atomic E-state index is -4.34. The van der Waals surface area contributed by atoms with Gasteiger partial charge < -0.3 is 9.67 Å². The van der Waals surface area contributed by atoms with E-state index in [4.69, 9.17) is 5.11 Å². The number of carboxylic acids is 1. The Morgan fingerprint density at radius 1 is 1.39 bits per heavy atom. The number of aromatic carboxylic acids is 1. The Balaban J connectivity index is 2.15. The monoisotopic (exact) mass is 354 g/mol. The molecule has 1 aliphatic rings. The molecule has 0 amide bonds. The first-order valence-electron chi connectivity index (χ1n) is 6.99. The molecule has 2 N–H and O–H groups in total. The predicted molar refractivity (Wildman–Crippen MR) is 74.5 cm³/mol. The molecule has 2 atom stereocenters. The number of carbonyl (C=O) groups is 1. The smallest absolute Gasteiger partial charge is 0.391 e. The normalized spacial score (nSPS) is 23.0. The van der Waals surface area contributed by atoms with Crippen molar-refractivity contribution in [2.45, 2.75) is 42.8 Å². The van der Waals surface area contributed by atoms with Crippen LogP contribution < -0.4 is 4.72 Å². The van der Waals surface area contributed by atoms with Crippen molar-refractivity contribution in [1.82, 2.24) is 9.29 Å². The zero-order valence-corrected chi connectivity index (χ0v) is 13.1. The van der Waals surface area contributed by atoms with Crippen molar-refractivity contribution in [2.75, 3.05) is 0 Å². The Bertz CT molecular complexity index is 697. The number of sulfonamides is 1.